The Balaban J connectivity index is 1.52. The maximum Gasteiger partial charge on any atom is 0.218 e. The Morgan fingerprint density at radius 2 is 2.10 bits per heavy atom. The summed E-state index contributed by atoms with van der Waals surface area (Å²) < 4.78 is 15.1. The van der Waals surface area contributed by atoms with Crippen LogP contribution in [0.25, 0.3) is 0 Å². The summed E-state index contributed by atoms with van der Waals surface area (Å²) in [5, 5.41) is 4.45. The number of guanidine groups is 1. The van der Waals surface area contributed by atoms with Crippen LogP contribution >= 0.6 is 11.5 Å². The van der Waals surface area contributed by atoms with Crippen molar-refractivity contribution in [2.24, 2.45) is 4.99 Å². The lowest BCUT2D eigenvalue weighted by Gasteiger charge is -2.36. The van der Waals surface area contributed by atoms with Gasteiger partial charge in [0, 0.05) is 76.6 Å². The average molecular weight is 420 g/mol. The number of nitrogens with zero attached hydrogens (tertiary/aromatic N) is 6. The number of anilines is 1. The van der Waals surface area contributed by atoms with Crippen molar-refractivity contribution in [3.8, 4) is 5.88 Å². The van der Waals surface area contributed by atoms with E-state index in [1.165, 1.54) is 11.5 Å². The second-order valence-electron chi connectivity index (χ2n) is 6.53. The van der Waals surface area contributed by atoms with Crippen molar-refractivity contribution in [1.29, 1.82) is 0 Å². The first-order chi connectivity index (χ1) is 14.2. The molecule has 1 N–H and O–H groups in total. The zero-order valence-electron chi connectivity index (χ0n) is 17.3. The maximum absolute atomic E-state index is 5.72. The van der Waals surface area contributed by atoms with Gasteiger partial charge in [0.25, 0.3) is 0 Å². The molecule has 0 aromatic carbocycles. The fourth-order valence-corrected chi connectivity index (χ4v) is 3.84. The number of piperazine rings is 1. The van der Waals surface area contributed by atoms with Crippen LogP contribution in [0.3, 0.4) is 0 Å². The van der Waals surface area contributed by atoms with Crippen LogP contribution in [0.5, 0.6) is 5.88 Å². The smallest absolute Gasteiger partial charge is 0.218 e. The van der Waals surface area contributed by atoms with Crippen LogP contribution in [0, 0.1) is 0 Å². The number of nitrogens with one attached hydrogen (secondary N) is 1. The number of aryl methyl sites for hydroxylation is 1. The average Bonchev–Trinajstić information content (AvgIpc) is 3.25. The van der Waals surface area contributed by atoms with Gasteiger partial charge in [-0.25, -0.2) is 9.97 Å². The monoisotopic (exact) mass is 419 g/mol. The Hall–Kier alpha value is -2.46. The minimum absolute atomic E-state index is 0.475. The Bertz CT molecular complexity index is 790. The lowest BCUT2D eigenvalue weighted by molar-refractivity contribution is 0.143. The third-order valence-electron chi connectivity index (χ3n) is 4.65. The zero-order valence-corrected chi connectivity index (χ0v) is 18.1. The molecule has 1 saturated heterocycles. The molecule has 0 saturated carbocycles. The molecule has 1 aliphatic heterocycles. The van der Waals surface area contributed by atoms with Crippen LogP contribution in [0.1, 0.15) is 18.3 Å². The van der Waals surface area contributed by atoms with Crippen molar-refractivity contribution in [1.82, 2.24) is 24.6 Å². The first-order valence-electron chi connectivity index (χ1n) is 9.84. The quantitative estimate of drug-likeness (QED) is 0.390. The normalized spacial score (nSPS) is 14.9. The molecule has 2 aromatic heterocycles. The summed E-state index contributed by atoms with van der Waals surface area (Å²) in [5.74, 6) is 2.42. The van der Waals surface area contributed by atoms with Crippen LogP contribution < -0.4 is 15.0 Å². The van der Waals surface area contributed by atoms with Gasteiger partial charge >= 0.3 is 0 Å². The van der Waals surface area contributed by atoms with Crippen LogP contribution in [0.15, 0.2) is 23.3 Å². The van der Waals surface area contributed by atoms with Gasteiger partial charge in [-0.2, -0.15) is 4.37 Å². The predicted molar refractivity (Wildman–Crippen MR) is 115 cm³/mol. The summed E-state index contributed by atoms with van der Waals surface area (Å²) in [7, 11) is 3.47. The lowest BCUT2D eigenvalue weighted by Crippen LogP contribution is -2.52. The molecule has 1 aliphatic rings. The number of ether oxygens (including phenoxy) is 2. The molecule has 0 atom stereocenters. The van der Waals surface area contributed by atoms with Crippen LogP contribution in [-0.4, -0.2) is 78.8 Å². The van der Waals surface area contributed by atoms with Crippen molar-refractivity contribution in [2.45, 2.75) is 19.9 Å². The number of methoxy groups -OCH3 is 1. The summed E-state index contributed by atoms with van der Waals surface area (Å²) in [5.41, 5.74) is 0.990. The third kappa shape index (κ3) is 5.77. The zero-order chi connectivity index (χ0) is 20.5. The number of hydrogen-bond donors (Lipinski definition) is 1. The highest BCUT2D eigenvalue weighted by atomic mass is 32.1. The number of rotatable bonds is 8. The van der Waals surface area contributed by atoms with E-state index in [-0.39, 0.29) is 0 Å². The number of aromatic nitrogens is 3. The van der Waals surface area contributed by atoms with E-state index < -0.39 is 0 Å². The van der Waals surface area contributed by atoms with E-state index in [2.05, 4.69) is 41.4 Å². The number of pyridine rings is 1. The predicted octanol–water partition coefficient (Wildman–Crippen LogP) is 1.42. The maximum atomic E-state index is 5.72. The Morgan fingerprint density at radius 1 is 1.28 bits per heavy atom. The molecule has 0 unspecified atom stereocenters. The first kappa shape index (κ1) is 21.3. The lowest BCUT2D eigenvalue weighted by atomic mass is 10.2. The topological polar surface area (TPSA) is 88.0 Å². The summed E-state index contributed by atoms with van der Waals surface area (Å²) in [6, 6.07) is 3.92. The van der Waals surface area contributed by atoms with Crippen molar-refractivity contribution in [3.05, 3.63) is 29.7 Å². The molecule has 10 heteroatoms. The molecule has 3 rings (SSSR count). The minimum atomic E-state index is 0.475. The van der Waals surface area contributed by atoms with Gasteiger partial charge in [-0.3, -0.25) is 4.99 Å². The molecule has 158 valence electrons. The van der Waals surface area contributed by atoms with E-state index in [1.54, 1.807) is 13.3 Å². The van der Waals surface area contributed by atoms with Gasteiger partial charge in [0.15, 0.2) is 5.96 Å². The first-order valence-corrected chi connectivity index (χ1v) is 10.6. The summed E-state index contributed by atoms with van der Waals surface area (Å²) in [6.45, 7) is 7.24. The molecule has 29 heavy (non-hydrogen) atoms. The second-order valence-corrected chi connectivity index (χ2v) is 7.26. The molecule has 0 aliphatic carbocycles. The van der Waals surface area contributed by atoms with Gasteiger partial charge in [-0.1, -0.05) is 13.0 Å². The Labute approximate surface area is 175 Å². The molecule has 3 heterocycles. The fourth-order valence-electron chi connectivity index (χ4n) is 3.04. The fraction of sp³-hybridized carbons (Fsp3) is 0.579. The van der Waals surface area contributed by atoms with Crippen LogP contribution in [-0.2, 0) is 17.7 Å². The van der Waals surface area contributed by atoms with E-state index in [9.17, 15) is 0 Å². The van der Waals surface area contributed by atoms with Gasteiger partial charge in [0.05, 0.1) is 6.61 Å². The van der Waals surface area contributed by atoms with Crippen molar-refractivity contribution in [3.63, 3.8) is 0 Å². The molecule has 0 spiro atoms. The summed E-state index contributed by atoms with van der Waals surface area (Å²) >= 11 is 1.48. The molecule has 0 amide bonds. The minimum Gasteiger partial charge on any atom is -0.475 e. The molecule has 2 aromatic rings. The Morgan fingerprint density at radius 3 is 2.79 bits per heavy atom. The number of hydrogen-bond acceptors (Lipinski definition) is 8. The van der Waals surface area contributed by atoms with Gasteiger partial charge in [0.1, 0.15) is 12.4 Å². The SMILES string of the molecule is CCc1nsc(N2CCN(C(=NC)NCc3cccnc3OCCOC)CC2)n1. The molecule has 1 fully saturated rings. The van der Waals surface area contributed by atoms with E-state index in [1.807, 2.05) is 19.2 Å². The summed E-state index contributed by atoms with van der Waals surface area (Å²) in [6.07, 6.45) is 2.61. The molecule has 0 radical (unpaired) electrons. The Kier molecular flexibility index (Phi) is 8.00. The van der Waals surface area contributed by atoms with E-state index in [0.29, 0.717) is 25.6 Å². The van der Waals surface area contributed by atoms with Gasteiger partial charge in [-0.05, 0) is 6.07 Å². The van der Waals surface area contributed by atoms with Crippen LogP contribution in [0.4, 0.5) is 5.13 Å². The molecular weight excluding hydrogens is 390 g/mol. The van der Waals surface area contributed by atoms with Gasteiger partial charge < -0.3 is 24.6 Å². The highest BCUT2D eigenvalue weighted by Crippen LogP contribution is 2.19. The third-order valence-corrected chi connectivity index (χ3v) is 5.46. The van der Waals surface area contributed by atoms with E-state index >= 15 is 0 Å². The van der Waals surface area contributed by atoms with Crippen LogP contribution in [0.2, 0.25) is 0 Å². The molecule has 9 nitrogen and oxygen atoms in total. The largest absolute Gasteiger partial charge is 0.475 e. The van der Waals surface area contributed by atoms with Crippen molar-refractivity contribution in [2.75, 3.05) is 58.5 Å². The second kappa shape index (κ2) is 10.9. The van der Waals surface area contributed by atoms with E-state index in [0.717, 1.165) is 55.1 Å². The van der Waals surface area contributed by atoms with E-state index in [4.69, 9.17) is 9.47 Å². The van der Waals surface area contributed by atoms with Crippen molar-refractivity contribution < 1.29 is 9.47 Å². The standard InChI is InChI=1S/C19H29N7O2S/c1-4-16-23-19(29-24-16)26-10-8-25(9-11-26)18(20-2)22-14-15-6-5-7-21-17(15)28-13-12-27-3/h5-7H,4,8-14H2,1-3H3,(H,20,22). The molecule has 0 bridgehead atoms. The highest BCUT2D eigenvalue weighted by Gasteiger charge is 2.22. The molecular formula is C19H29N7O2S. The number of aliphatic imine (C=N–C) groups is 1. The van der Waals surface area contributed by atoms with Crippen molar-refractivity contribution >= 4 is 22.6 Å². The van der Waals surface area contributed by atoms with Gasteiger partial charge in [0.2, 0.25) is 11.0 Å². The summed E-state index contributed by atoms with van der Waals surface area (Å²) in [4.78, 5) is 17.9. The highest BCUT2D eigenvalue weighted by molar-refractivity contribution is 7.09. The van der Waals surface area contributed by atoms with Gasteiger partial charge in [-0.15, -0.1) is 0 Å².